The number of amides is 1. The molecule has 192 valence electrons. The highest BCUT2D eigenvalue weighted by atomic mass is 19.4. The van der Waals surface area contributed by atoms with E-state index in [1.54, 1.807) is 30.3 Å². The third-order valence-corrected chi connectivity index (χ3v) is 5.77. The van der Waals surface area contributed by atoms with E-state index in [-0.39, 0.29) is 28.9 Å². The summed E-state index contributed by atoms with van der Waals surface area (Å²) in [6.45, 7) is 1.53. The predicted molar refractivity (Wildman–Crippen MR) is 129 cm³/mol. The maximum absolute atomic E-state index is 15.0. The first kappa shape index (κ1) is 25.0. The summed E-state index contributed by atoms with van der Waals surface area (Å²) in [6, 6.07) is 11.2. The maximum Gasteiger partial charge on any atom is 0.417 e. The van der Waals surface area contributed by atoms with Crippen LogP contribution in [0.2, 0.25) is 0 Å². The van der Waals surface area contributed by atoms with Gasteiger partial charge in [0.1, 0.15) is 17.8 Å². The van der Waals surface area contributed by atoms with Crippen LogP contribution in [0.15, 0.2) is 73.4 Å². The van der Waals surface area contributed by atoms with Gasteiger partial charge in [-0.15, -0.1) is 0 Å². The zero-order chi connectivity index (χ0) is 27.0. The van der Waals surface area contributed by atoms with Crippen LogP contribution in [0.25, 0.3) is 28.3 Å². The molecule has 0 aliphatic heterocycles. The lowest BCUT2D eigenvalue weighted by Crippen LogP contribution is -2.18. The molecule has 5 rings (SSSR count). The normalized spacial score (nSPS) is 12.5. The van der Waals surface area contributed by atoms with Crippen LogP contribution in [0.5, 0.6) is 0 Å². The third kappa shape index (κ3) is 4.57. The van der Waals surface area contributed by atoms with E-state index in [0.29, 0.717) is 11.3 Å². The minimum Gasteiger partial charge on any atom is -0.387 e. The Bertz CT molecular complexity index is 1640. The van der Waals surface area contributed by atoms with Crippen molar-refractivity contribution in [3.05, 3.63) is 96.1 Å². The van der Waals surface area contributed by atoms with E-state index in [0.717, 1.165) is 6.07 Å². The van der Waals surface area contributed by atoms with Crippen molar-refractivity contribution in [2.24, 2.45) is 0 Å². The number of aromatic nitrogens is 5. The molecular formula is C26H18F4N6O2. The lowest BCUT2D eigenvalue weighted by Gasteiger charge is -2.16. The minimum atomic E-state index is -4.92. The van der Waals surface area contributed by atoms with E-state index in [9.17, 15) is 23.1 Å². The van der Waals surface area contributed by atoms with Crippen molar-refractivity contribution in [3.63, 3.8) is 0 Å². The Morgan fingerprint density at radius 2 is 1.74 bits per heavy atom. The van der Waals surface area contributed by atoms with Gasteiger partial charge in [-0.05, 0) is 25.1 Å². The summed E-state index contributed by atoms with van der Waals surface area (Å²) in [5.74, 6) is -2.75. The zero-order valence-electron chi connectivity index (χ0n) is 19.6. The molecule has 2 N–H and O–H groups in total. The summed E-state index contributed by atoms with van der Waals surface area (Å²) < 4.78 is 57.6. The van der Waals surface area contributed by atoms with Gasteiger partial charge in [-0.1, -0.05) is 30.3 Å². The van der Waals surface area contributed by atoms with Crippen LogP contribution in [0, 0.1) is 5.82 Å². The molecule has 38 heavy (non-hydrogen) atoms. The molecule has 0 aliphatic rings. The van der Waals surface area contributed by atoms with Gasteiger partial charge in [-0.3, -0.25) is 9.20 Å². The summed E-state index contributed by atoms with van der Waals surface area (Å²) >= 11 is 0. The molecule has 0 radical (unpaired) electrons. The molecule has 3 heterocycles. The Morgan fingerprint density at radius 3 is 2.39 bits per heavy atom. The molecule has 0 saturated carbocycles. The van der Waals surface area contributed by atoms with Gasteiger partial charge in [-0.2, -0.15) is 13.2 Å². The topological polar surface area (TPSA) is 105 Å². The molecule has 0 unspecified atom stereocenters. The molecule has 0 bridgehead atoms. The number of hydrogen-bond acceptors (Lipinski definition) is 6. The fourth-order valence-electron chi connectivity index (χ4n) is 3.99. The number of aliphatic hydroxyl groups excluding tert-OH is 1. The number of fused-ring (bicyclic) bond motifs is 1. The smallest absolute Gasteiger partial charge is 0.387 e. The van der Waals surface area contributed by atoms with Crippen LogP contribution >= 0.6 is 0 Å². The number of hydrogen-bond donors (Lipinski definition) is 2. The zero-order valence-corrected chi connectivity index (χ0v) is 19.6. The monoisotopic (exact) mass is 522 g/mol. The number of rotatable bonds is 5. The van der Waals surface area contributed by atoms with Crippen molar-refractivity contribution < 1.29 is 27.5 Å². The Balaban J connectivity index is 1.66. The molecule has 0 fully saturated rings. The van der Waals surface area contributed by atoms with E-state index < -0.39 is 40.7 Å². The van der Waals surface area contributed by atoms with Gasteiger partial charge in [0, 0.05) is 23.5 Å². The van der Waals surface area contributed by atoms with E-state index in [2.05, 4.69) is 25.3 Å². The quantitative estimate of drug-likeness (QED) is 0.303. The molecule has 5 aromatic rings. The van der Waals surface area contributed by atoms with Crippen molar-refractivity contribution in [1.29, 1.82) is 0 Å². The predicted octanol–water partition coefficient (Wildman–Crippen LogP) is 5.32. The van der Waals surface area contributed by atoms with Gasteiger partial charge >= 0.3 is 6.18 Å². The van der Waals surface area contributed by atoms with Gasteiger partial charge in [0.15, 0.2) is 11.5 Å². The second-order valence-corrected chi connectivity index (χ2v) is 8.29. The number of nitrogens with zero attached hydrogens (tertiary/aromatic N) is 5. The second kappa shape index (κ2) is 9.63. The Kier molecular flexibility index (Phi) is 6.33. The Labute approximate surface area is 212 Å². The van der Waals surface area contributed by atoms with Gasteiger partial charge < -0.3 is 10.4 Å². The molecule has 3 aromatic heterocycles. The molecule has 0 aliphatic carbocycles. The standard InChI is InChI=1S/C26H18F4N6O2/c1-14(37)20-12-33-24-22(21(34-13-36(20)24)15-6-3-2-4-7-15)35-25(38)17-10-16(23-31-8-5-9-32-23)18(11-19(17)27)26(28,29)30/h2-14,37H,1H3,(H,35,38)/t14-/m0/s1. The van der Waals surface area contributed by atoms with Gasteiger partial charge in [0.25, 0.3) is 5.91 Å². The number of carbonyl (C=O) groups is 1. The highest BCUT2D eigenvalue weighted by Crippen LogP contribution is 2.38. The molecule has 0 saturated heterocycles. The summed E-state index contributed by atoms with van der Waals surface area (Å²) in [5.41, 5.74) is -1.00. The van der Waals surface area contributed by atoms with Crippen molar-refractivity contribution in [3.8, 4) is 22.6 Å². The molecular weight excluding hydrogens is 504 g/mol. The van der Waals surface area contributed by atoms with Crippen LogP contribution in [-0.2, 0) is 6.18 Å². The number of halogens is 4. The molecule has 8 nitrogen and oxygen atoms in total. The minimum absolute atomic E-state index is 0.0763. The number of imidazole rings is 1. The number of nitrogens with one attached hydrogen (secondary N) is 1. The van der Waals surface area contributed by atoms with Crippen molar-refractivity contribution in [1.82, 2.24) is 24.3 Å². The lowest BCUT2D eigenvalue weighted by molar-refractivity contribution is -0.137. The lowest BCUT2D eigenvalue weighted by atomic mass is 10.0. The fraction of sp³-hybridized carbons (Fsp3) is 0.115. The average Bonchev–Trinajstić information content (AvgIpc) is 3.34. The van der Waals surface area contributed by atoms with Crippen LogP contribution in [0.4, 0.5) is 23.2 Å². The number of aliphatic hydroxyl groups is 1. The molecule has 1 amide bonds. The summed E-state index contributed by atoms with van der Waals surface area (Å²) in [4.78, 5) is 29.7. The largest absolute Gasteiger partial charge is 0.417 e. The van der Waals surface area contributed by atoms with Gasteiger partial charge in [0.2, 0.25) is 0 Å². The Hall–Kier alpha value is -4.71. The maximum atomic E-state index is 15.0. The first-order chi connectivity index (χ1) is 18.1. The van der Waals surface area contributed by atoms with E-state index in [4.69, 9.17) is 0 Å². The van der Waals surface area contributed by atoms with Crippen molar-refractivity contribution in [2.75, 3.05) is 5.32 Å². The Morgan fingerprint density at radius 1 is 1.03 bits per heavy atom. The second-order valence-electron chi connectivity index (χ2n) is 8.29. The number of carbonyl (C=O) groups excluding carboxylic acids is 1. The number of benzene rings is 2. The van der Waals surface area contributed by atoms with E-state index in [1.807, 2.05) is 0 Å². The number of alkyl halides is 3. The summed E-state index contributed by atoms with van der Waals surface area (Å²) in [7, 11) is 0. The molecule has 12 heteroatoms. The van der Waals surface area contributed by atoms with Crippen LogP contribution in [0.1, 0.15) is 34.6 Å². The first-order valence-corrected chi connectivity index (χ1v) is 11.2. The van der Waals surface area contributed by atoms with Gasteiger partial charge in [-0.25, -0.2) is 24.3 Å². The number of anilines is 1. The van der Waals surface area contributed by atoms with Crippen molar-refractivity contribution >= 4 is 17.2 Å². The third-order valence-electron chi connectivity index (χ3n) is 5.77. The highest BCUT2D eigenvalue weighted by Gasteiger charge is 2.36. The summed E-state index contributed by atoms with van der Waals surface area (Å²) in [6.07, 6.45) is -0.543. The first-order valence-electron chi connectivity index (χ1n) is 11.2. The van der Waals surface area contributed by atoms with Crippen LogP contribution in [-0.4, -0.2) is 35.4 Å². The molecule has 1 atom stereocenters. The SMILES string of the molecule is C[C@H](O)c1cnc2c(NC(=O)c3cc(-c4ncccn4)c(C(F)(F)F)cc3F)c(-c3ccccc3)ncn12. The van der Waals surface area contributed by atoms with Crippen LogP contribution in [0.3, 0.4) is 0 Å². The van der Waals surface area contributed by atoms with E-state index >= 15 is 4.39 Å². The molecule has 0 spiro atoms. The van der Waals surface area contributed by atoms with Crippen molar-refractivity contribution in [2.45, 2.75) is 19.2 Å². The summed E-state index contributed by atoms with van der Waals surface area (Å²) in [5, 5.41) is 12.7. The highest BCUT2D eigenvalue weighted by molar-refractivity contribution is 6.09. The van der Waals surface area contributed by atoms with Gasteiger partial charge in [0.05, 0.1) is 34.8 Å². The fourth-order valence-corrected chi connectivity index (χ4v) is 3.99. The average molecular weight is 522 g/mol. The van der Waals surface area contributed by atoms with Crippen LogP contribution < -0.4 is 5.32 Å². The van der Waals surface area contributed by atoms with E-state index in [1.165, 1.54) is 42.3 Å². The molecule has 2 aromatic carbocycles.